The van der Waals surface area contributed by atoms with Crippen molar-refractivity contribution in [1.29, 1.82) is 0 Å². The summed E-state index contributed by atoms with van der Waals surface area (Å²) >= 11 is 0. The third-order valence-corrected chi connectivity index (χ3v) is 2.39. The van der Waals surface area contributed by atoms with E-state index < -0.39 is 0 Å². The van der Waals surface area contributed by atoms with Crippen molar-refractivity contribution in [1.82, 2.24) is 0 Å². The summed E-state index contributed by atoms with van der Waals surface area (Å²) in [5, 5.41) is 0. The van der Waals surface area contributed by atoms with Crippen LogP contribution in [0.2, 0.25) is 0 Å². The van der Waals surface area contributed by atoms with Gasteiger partial charge in [0.25, 0.3) is 0 Å². The maximum atomic E-state index is 11.5. The number of ether oxygens (including phenoxy) is 1. The van der Waals surface area contributed by atoms with Gasteiger partial charge in [0.2, 0.25) is 0 Å². The topological polar surface area (TPSA) is 26.3 Å². The van der Waals surface area contributed by atoms with E-state index in [0.29, 0.717) is 6.42 Å². The molecule has 0 aromatic heterocycles. The molecule has 0 amide bonds. The molecule has 0 aliphatic heterocycles. The Hall–Kier alpha value is -1.15. The molecule has 0 aliphatic rings. The van der Waals surface area contributed by atoms with Gasteiger partial charge in [-0.05, 0) is 32.8 Å². The molecule has 0 heterocycles. The molecule has 0 bridgehead atoms. The van der Waals surface area contributed by atoms with Crippen molar-refractivity contribution in [3.05, 3.63) is 35.4 Å². The van der Waals surface area contributed by atoms with Crippen molar-refractivity contribution in [2.24, 2.45) is 0 Å². The van der Waals surface area contributed by atoms with Crippen molar-refractivity contribution >= 4 is 5.78 Å². The second-order valence-electron chi connectivity index (χ2n) is 4.38. The van der Waals surface area contributed by atoms with Crippen LogP contribution in [0.25, 0.3) is 0 Å². The number of ketones is 1. The van der Waals surface area contributed by atoms with Crippen LogP contribution < -0.4 is 0 Å². The SMILES string of the molecule is Cc1ccc(CCC(=O)COC(C)C)cc1. The summed E-state index contributed by atoms with van der Waals surface area (Å²) in [7, 11) is 0. The lowest BCUT2D eigenvalue weighted by molar-refractivity contribution is -0.124. The van der Waals surface area contributed by atoms with Crippen molar-refractivity contribution in [3.8, 4) is 0 Å². The number of Topliss-reactive ketones (excluding diaryl/α,β-unsaturated/α-hetero) is 1. The molecule has 0 spiro atoms. The molecular formula is C14H20O2. The molecule has 0 saturated heterocycles. The van der Waals surface area contributed by atoms with Crippen LogP contribution in [-0.4, -0.2) is 18.5 Å². The highest BCUT2D eigenvalue weighted by molar-refractivity contribution is 5.79. The minimum atomic E-state index is 0.128. The van der Waals surface area contributed by atoms with E-state index in [9.17, 15) is 4.79 Å². The van der Waals surface area contributed by atoms with E-state index in [1.165, 1.54) is 11.1 Å². The molecule has 88 valence electrons. The van der Waals surface area contributed by atoms with Crippen LogP contribution >= 0.6 is 0 Å². The molecule has 2 heteroatoms. The van der Waals surface area contributed by atoms with Crippen LogP contribution in [0.3, 0.4) is 0 Å². The standard InChI is InChI=1S/C14H20O2/c1-11(2)16-10-14(15)9-8-13-6-4-12(3)5-7-13/h4-7,11H,8-10H2,1-3H3. The fourth-order valence-electron chi connectivity index (χ4n) is 1.37. The highest BCUT2D eigenvalue weighted by atomic mass is 16.5. The first kappa shape index (κ1) is 12.9. The van der Waals surface area contributed by atoms with Crippen LogP contribution in [0.5, 0.6) is 0 Å². The number of carbonyl (C=O) groups is 1. The van der Waals surface area contributed by atoms with Gasteiger partial charge in [0, 0.05) is 6.42 Å². The number of aryl methyl sites for hydroxylation is 2. The second-order valence-corrected chi connectivity index (χ2v) is 4.38. The van der Waals surface area contributed by atoms with E-state index in [-0.39, 0.29) is 18.5 Å². The lowest BCUT2D eigenvalue weighted by Crippen LogP contribution is -2.13. The zero-order valence-corrected chi connectivity index (χ0v) is 10.3. The van der Waals surface area contributed by atoms with E-state index in [0.717, 1.165) is 6.42 Å². The summed E-state index contributed by atoms with van der Waals surface area (Å²) in [4.78, 5) is 11.5. The third kappa shape index (κ3) is 5.08. The van der Waals surface area contributed by atoms with Crippen LogP contribution in [0.4, 0.5) is 0 Å². The Morgan fingerprint density at radius 2 is 1.88 bits per heavy atom. The van der Waals surface area contributed by atoms with Crippen molar-refractivity contribution < 1.29 is 9.53 Å². The molecular weight excluding hydrogens is 200 g/mol. The lowest BCUT2D eigenvalue weighted by atomic mass is 10.1. The third-order valence-electron chi connectivity index (χ3n) is 2.39. The maximum absolute atomic E-state index is 11.5. The molecule has 0 radical (unpaired) electrons. The van der Waals surface area contributed by atoms with Gasteiger partial charge < -0.3 is 4.74 Å². The van der Waals surface area contributed by atoms with Crippen LogP contribution in [0, 0.1) is 6.92 Å². The van der Waals surface area contributed by atoms with Gasteiger partial charge in [-0.15, -0.1) is 0 Å². The first-order chi connectivity index (χ1) is 7.58. The average Bonchev–Trinajstić information content (AvgIpc) is 2.25. The van der Waals surface area contributed by atoms with Gasteiger partial charge in [-0.2, -0.15) is 0 Å². The molecule has 0 aliphatic carbocycles. The Morgan fingerprint density at radius 1 is 1.25 bits per heavy atom. The summed E-state index contributed by atoms with van der Waals surface area (Å²) < 4.78 is 5.26. The minimum Gasteiger partial charge on any atom is -0.371 e. The van der Waals surface area contributed by atoms with Gasteiger partial charge in [-0.1, -0.05) is 29.8 Å². The summed E-state index contributed by atoms with van der Waals surface area (Å²) in [6.07, 6.45) is 1.50. The van der Waals surface area contributed by atoms with E-state index in [4.69, 9.17) is 4.74 Å². The largest absolute Gasteiger partial charge is 0.371 e. The Kier molecular flexibility index (Phi) is 5.20. The zero-order chi connectivity index (χ0) is 12.0. The summed E-state index contributed by atoms with van der Waals surface area (Å²) in [6.45, 7) is 6.18. The number of carbonyl (C=O) groups excluding carboxylic acids is 1. The van der Waals surface area contributed by atoms with Gasteiger partial charge in [0.15, 0.2) is 5.78 Å². The predicted octanol–water partition coefficient (Wildman–Crippen LogP) is 2.92. The normalized spacial score (nSPS) is 10.8. The van der Waals surface area contributed by atoms with Crippen molar-refractivity contribution in [2.75, 3.05) is 6.61 Å². The van der Waals surface area contributed by atoms with Gasteiger partial charge >= 0.3 is 0 Å². The molecule has 16 heavy (non-hydrogen) atoms. The Morgan fingerprint density at radius 3 is 2.44 bits per heavy atom. The van der Waals surface area contributed by atoms with Crippen molar-refractivity contribution in [2.45, 2.75) is 39.7 Å². The summed E-state index contributed by atoms with van der Waals surface area (Å²) in [5.41, 5.74) is 2.46. The van der Waals surface area contributed by atoms with Crippen LogP contribution in [0.15, 0.2) is 24.3 Å². The van der Waals surface area contributed by atoms with E-state index in [1.807, 2.05) is 13.8 Å². The predicted molar refractivity (Wildman–Crippen MR) is 65.6 cm³/mol. The van der Waals surface area contributed by atoms with Gasteiger partial charge in [0.1, 0.15) is 6.61 Å². The first-order valence-corrected chi connectivity index (χ1v) is 5.77. The van der Waals surface area contributed by atoms with E-state index in [2.05, 4.69) is 31.2 Å². The Labute approximate surface area is 97.6 Å². The fourth-order valence-corrected chi connectivity index (χ4v) is 1.37. The van der Waals surface area contributed by atoms with Crippen LogP contribution in [-0.2, 0) is 16.0 Å². The van der Waals surface area contributed by atoms with Gasteiger partial charge in [0.05, 0.1) is 6.10 Å². The van der Waals surface area contributed by atoms with Gasteiger partial charge in [-0.25, -0.2) is 0 Å². The maximum Gasteiger partial charge on any atom is 0.158 e. The van der Waals surface area contributed by atoms with Crippen molar-refractivity contribution in [3.63, 3.8) is 0 Å². The molecule has 0 N–H and O–H groups in total. The molecule has 1 rings (SSSR count). The van der Waals surface area contributed by atoms with E-state index >= 15 is 0 Å². The molecule has 1 aromatic rings. The fraction of sp³-hybridized carbons (Fsp3) is 0.500. The quantitative estimate of drug-likeness (QED) is 0.736. The van der Waals surface area contributed by atoms with E-state index in [1.54, 1.807) is 0 Å². The zero-order valence-electron chi connectivity index (χ0n) is 10.3. The Bertz CT molecular complexity index is 325. The van der Waals surface area contributed by atoms with Gasteiger partial charge in [-0.3, -0.25) is 4.79 Å². The molecule has 2 nitrogen and oxygen atoms in total. The molecule has 0 atom stereocenters. The molecule has 0 unspecified atom stereocenters. The lowest BCUT2D eigenvalue weighted by Gasteiger charge is -2.06. The molecule has 0 saturated carbocycles. The summed E-state index contributed by atoms with van der Waals surface area (Å²) in [5.74, 6) is 0.175. The number of hydrogen-bond acceptors (Lipinski definition) is 2. The summed E-state index contributed by atoms with van der Waals surface area (Å²) in [6, 6.07) is 8.30. The highest BCUT2D eigenvalue weighted by Crippen LogP contribution is 2.06. The average molecular weight is 220 g/mol. The van der Waals surface area contributed by atoms with Crippen LogP contribution in [0.1, 0.15) is 31.4 Å². The molecule has 0 fully saturated rings. The number of benzene rings is 1. The second kappa shape index (κ2) is 6.44. The minimum absolute atomic E-state index is 0.128. The number of hydrogen-bond donors (Lipinski definition) is 0. The highest BCUT2D eigenvalue weighted by Gasteiger charge is 2.04. The number of rotatable bonds is 6. The monoisotopic (exact) mass is 220 g/mol. The first-order valence-electron chi connectivity index (χ1n) is 5.77. The Balaban J connectivity index is 2.29. The molecule has 1 aromatic carbocycles. The smallest absolute Gasteiger partial charge is 0.158 e.